The largest absolute Gasteiger partial charge is 0.242 e. The molecule has 0 aliphatic heterocycles. The summed E-state index contributed by atoms with van der Waals surface area (Å²) in [6.45, 7) is 2.43. The van der Waals surface area contributed by atoms with E-state index >= 15 is 0 Å². The molecule has 0 heterocycles. The molecular formula is C9H9ClF2O2S. The maximum Gasteiger partial charge on any atom is 0.242 e. The smallest absolute Gasteiger partial charge is 0.211 e. The lowest BCUT2D eigenvalue weighted by Gasteiger charge is -2.21. The quantitative estimate of drug-likeness (QED) is 0.761. The molecule has 1 aromatic rings. The Hall–Kier alpha value is -0.680. The Balaban J connectivity index is 3.46. The molecule has 0 fully saturated rings. The summed E-state index contributed by atoms with van der Waals surface area (Å²) >= 11 is 0. The normalized spacial score (nSPS) is 12.9. The number of rotatable bonds is 2. The zero-order chi connectivity index (χ0) is 11.9. The molecule has 15 heavy (non-hydrogen) atoms. The lowest BCUT2D eigenvalue weighted by molar-refractivity contribution is 0.535. The maximum atomic E-state index is 13.3. The van der Waals surface area contributed by atoms with Gasteiger partial charge in [0.1, 0.15) is 16.4 Å². The van der Waals surface area contributed by atoms with Gasteiger partial charge in [-0.15, -0.1) is 0 Å². The molecule has 0 spiro atoms. The van der Waals surface area contributed by atoms with Crippen molar-refractivity contribution in [2.75, 3.05) is 0 Å². The minimum absolute atomic E-state index is 0.280. The van der Waals surface area contributed by atoms with E-state index in [1.165, 1.54) is 13.8 Å². The third kappa shape index (κ3) is 2.29. The van der Waals surface area contributed by atoms with Gasteiger partial charge in [0.15, 0.2) is 0 Å². The molecule has 0 radical (unpaired) electrons. The van der Waals surface area contributed by atoms with Gasteiger partial charge >= 0.3 is 0 Å². The maximum absolute atomic E-state index is 13.3. The fourth-order valence-corrected chi connectivity index (χ4v) is 1.76. The fraction of sp³-hybridized carbons (Fsp3) is 0.333. The first-order valence-corrected chi connectivity index (χ1v) is 6.37. The van der Waals surface area contributed by atoms with E-state index in [1.54, 1.807) is 0 Å². The van der Waals surface area contributed by atoms with Gasteiger partial charge in [-0.3, -0.25) is 0 Å². The first-order valence-electron chi connectivity index (χ1n) is 4.06. The average Bonchev–Trinajstić information content (AvgIpc) is 2.07. The molecule has 2 nitrogen and oxygen atoms in total. The molecule has 0 aliphatic rings. The van der Waals surface area contributed by atoms with Gasteiger partial charge in [0.05, 0.1) is 0 Å². The van der Waals surface area contributed by atoms with Crippen molar-refractivity contribution >= 4 is 19.7 Å². The minimum atomic E-state index is -4.03. The Morgan fingerprint density at radius 2 is 1.80 bits per heavy atom. The van der Waals surface area contributed by atoms with Gasteiger partial charge in [-0.1, -0.05) is 0 Å². The monoisotopic (exact) mass is 254 g/mol. The average molecular weight is 255 g/mol. The second kappa shape index (κ2) is 3.72. The summed E-state index contributed by atoms with van der Waals surface area (Å²) in [5.41, 5.74) is -0.280. The summed E-state index contributed by atoms with van der Waals surface area (Å²) in [5, 5.41) is 0. The Kier molecular flexibility index (Phi) is 3.07. The van der Waals surface area contributed by atoms with Crippen LogP contribution < -0.4 is 0 Å². The van der Waals surface area contributed by atoms with Crippen molar-refractivity contribution in [1.82, 2.24) is 0 Å². The number of hydrogen-bond donors (Lipinski definition) is 0. The van der Waals surface area contributed by atoms with E-state index in [2.05, 4.69) is 0 Å². The van der Waals surface area contributed by atoms with Crippen molar-refractivity contribution in [3.63, 3.8) is 0 Å². The molecule has 1 rings (SSSR count). The summed E-state index contributed by atoms with van der Waals surface area (Å²) in [4.78, 5) is 0. The van der Waals surface area contributed by atoms with Crippen LogP contribution in [-0.2, 0) is 13.8 Å². The lowest BCUT2D eigenvalue weighted by atomic mass is 10.0. The van der Waals surface area contributed by atoms with Crippen LogP contribution in [0.4, 0.5) is 8.78 Å². The summed E-state index contributed by atoms with van der Waals surface area (Å²) in [6, 6.07) is 2.61. The van der Waals surface area contributed by atoms with Crippen LogP contribution in [0, 0.1) is 11.6 Å². The van der Waals surface area contributed by atoms with Gasteiger partial charge in [-0.2, -0.15) is 0 Å². The molecule has 0 atom stereocenters. The third-order valence-electron chi connectivity index (χ3n) is 2.19. The van der Waals surface area contributed by atoms with E-state index < -0.39 is 25.4 Å². The summed E-state index contributed by atoms with van der Waals surface area (Å²) in [5.74, 6) is -1.51. The van der Waals surface area contributed by atoms with E-state index in [4.69, 9.17) is 10.7 Å². The molecule has 1 aromatic carbocycles. The molecule has 0 aromatic heterocycles. The zero-order valence-corrected chi connectivity index (χ0v) is 9.66. The van der Waals surface area contributed by atoms with Crippen LogP contribution in [0.1, 0.15) is 19.4 Å². The molecule has 0 saturated heterocycles. The van der Waals surface area contributed by atoms with E-state index in [0.717, 1.165) is 18.2 Å². The predicted molar refractivity (Wildman–Crippen MR) is 54.2 cm³/mol. The van der Waals surface area contributed by atoms with Crippen molar-refractivity contribution in [1.29, 1.82) is 0 Å². The van der Waals surface area contributed by atoms with E-state index in [-0.39, 0.29) is 5.56 Å². The first-order chi connectivity index (χ1) is 6.66. The molecule has 6 heteroatoms. The topological polar surface area (TPSA) is 34.1 Å². The zero-order valence-electron chi connectivity index (χ0n) is 8.09. The predicted octanol–water partition coefficient (Wildman–Crippen LogP) is 2.77. The van der Waals surface area contributed by atoms with Crippen molar-refractivity contribution in [2.45, 2.75) is 18.6 Å². The fourth-order valence-electron chi connectivity index (χ4n) is 1.09. The molecule has 0 bridgehead atoms. The van der Waals surface area contributed by atoms with E-state index in [9.17, 15) is 17.2 Å². The number of halogens is 3. The van der Waals surface area contributed by atoms with Crippen molar-refractivity contribution < 1.29 is 17.2 Å². The standard InChI is InChI=1S/C9H9ClF2O2S/c1-9(2,15(10,13)14)7-5-6(11)3-4-8(7)12/h3-5H,1-2H3. The molecule has 0 N–H and O–H groups in total. The highest BCUT2D eigenvalue weighted by Gasteiger charge is 2.37. The van der Waals surface area contributed by atoms with Gasteiger partial charge in [0.2, 0.25) is 9.05 Å². The van der Waals surface area contributed by atoms with Crippen molar-refractivity contribution in [3.8, 4) is 0 Å². The van der Waals surface area contributed by atoms with Crippen LogP contribution in [-0.4, -0.2) is 8.42 Å². The highest BCUT2D eigenvalue weighted by molar-refractivity contribution is 8.14. The molecule has 0 amide bonds. The van der Waals surface area contributed by atoms with Crippen LogP contribution >= 0.6 is 10.7 Å². The lowest BCUT2D eigenvalue weighted by Crippen LogP contribution is -2.26. The van der Waals surface area contributed by atoms with Crippen LogP contribution in [0.3, 0.4) is 0 Å². The highest BCUT2D eigenvalue weighted by Crippen LogP contribution is 2.34. The van der Waals surface area contributed by atoms with Gasteiger partial charge in [0.25, 0.3) is 0 Å². The van der Waals surface area contributed by atoms with Gasteiger partial charge in [-0.05, 0) is 32.0 Å². The minimum Gasteiger partial charge on any atom is -0.211 e. The molecule has 0 saturated carbocycles. The van der Waals surface area contributed by atoms with Crippen LogP contribution in [0.2, 0.25) is 0 Å². The second-order valence-electron chi connectivity index (χ2n) is 3.57. The summed E-state index contributed by atoms with van der Waals surface area (Å²) in [7, 11) is 1.14. The van der Waals surface area contributed by atoms with Crippen LogP contribution in [0.25, 0.3) is 0 Å². The Bertz CT molecular complexity index is 483. The molecule has 84 valence electrons. The SMILES string of the molecule is CC(C)(c1cc(F)ccc1F)S(=O)(=O)Cl. The molecular weight excluding hydrogens is 246 g/mol. The molecule has 0 unspecified atom stereocenters. The van der Waals surface area contributed by atoms with E-state index in [0.29, 0.717) is 0 Å². The third-order valence-corrected chi connectivity index (χ3v) is 4.78. The van der Waals surface area contributed by atoms with Gasteiger partial charge in [0, 0.05) is 16.2 Å². The number of benzene rings is 1. The summed E-state index contributed by atoms with van der Waals surface area (Å²) < 4.78 is 46.9. The highest BCUT2D eigenvalue weighted by atomic mass is 35.7. The van der Waals surface area contributed by atoms with Crippen molar-refractivity contribution in [3.05, 3.63) is 35.4 Å². The van der Waals surface area contributed by atoms with Crippen LogP contribution in [0.15, 0.2) is 18.2 Å². The first kappa shape index (κ1) is 12.4. The van der Waals surface area contributed by atoms with Gasteiger partial charge < -0.3 is 0 Å². The van der Waals surface area contributed by atoms with Gasteiger partial charge in [-0.25, -0.2) is 17.2 Å². The number of hydrogen-bond acceptors (Lipinski definition) is 2. The van der Waals surface area contributed by atoms with E-state index in [1.807, 2.05) is 0 Å². The van der Waals surface area contributed by atoms with Crippen molar-refractivity contribution in [2.24, 2.45) is 0 Å². The Labute approximate surface area is 91.3 Å². The summed E-state index contributed by atoms with van der Waals surface area (Å²) in [6.07, 6.45) is 0. The Morgan fingerprint density at radius 3 is 2.27 bits per heavy atom. The second-order valence-corrected chi connectivity index (χ2v) is 6.69. The Morgan fingerprint density at radius 1 is 1.27 bits per heavy atom. The molecule has 0 aliphatic carbocycles. The van der Waals surface area contributed by atoms with Crippen LogP contribution in [0.5, 0.6) is 0 Å².